The Hall–Kier alpha value is -1.81. The van der Waals surface area contributed by atoms with E-state index in [1.807, 2.05) is 36.4 Å². The smallest absolute Gasteiger partial charge is 0.335 e. The fourth-order valence-electron chi connectivity index (χ4n) is 3.42. The highest BCUT2D eigenvalue weighted by atomic mass is 79.9. The number of aromatic carboxylic acids is 1. The second kappa shape index (κ2) is 14.2. The Morgan fingerprint density at radius 1 is 0.793 bits per heavy atom. The summed E-state index contributed by atoms with van der Waals surface area (Å²) in [6.07, 6.45) is 12.7. The lowest BCUT2D eigenvalue weighted by molar-refractivity contribution is 0.0696. The normalized spacial score (nSPS) is 10.8. The summed E-state index contributed by atoms with van der Waals surface area (Å²) >= 11 is 3.48. The third-order valence-electron chi connectivity index (χ3n) is 5.10. The highest BCUT2D eigenvalue weighted by Crippen LogP contribution is 2.31. The van der Waals surface area contributed by atoms with Crippen molar-refractivity contribution in [3.63, 3.8) is 0 Å². The van der Waals surface area contributed by atoms with Crippen molar-refractivity contribution in [3.8, 4) is 16.9 Å². The summed E-state index contributed by atoms with van der Waals surface area (Å²) in [6.45, 7) is 0.620. The zero-order valence-corrected chi connectivity index (χ0v) is 18.8. The number of rotatable bonds is 15. The van der Waals surface area contributed by atoms with E-state index in [1.165, 1.54) is 51.4 Å². The number of hydrogen-bond donors (Lipinski definition) is 1. The van der Waals surface area contributed by atoms with Gasteiger partial charge in [-0.05, 0) is 36.6 Å². The van der Waals surface area contributed by atoms with E-state index in [0.29, 0.717) is 12.4 Å². The van der Waals surface area contributed by atoms with E-state index in [1.54, 1.807) is 12.1 Å². The van der Waals surface area contributed by atoms with Crippen molar-refractivity contribution in [2.75, 3.05) is 11.9 Å². The third kappa shape index (κ3) is 9.03. The van der Waals surface area contributed by atoms with Crippen LogP contribution in [0.15, 0.2) is 48.5 Å². The van der Waals surface area contributed by atoms with Gasteiger partial charge in [0.2, 0.25) is 0 Å². The third-order valence-corrected chi connectivity index (χ3v) is 5.66. The van der Waals surface area contributed by atoms with Gasteiger partial charge in [0, 0.05) is 10.9 Å². The molecule has 0 amide bonds. The number of halogens is 1. The van der Waals surface area contributed by atoms with Crippen LogP contribution in [0, 0.1) is 0 Å². The van der Waals surface area contributed by atoms with Crippen molar-refractivity contribution in [1.82, 2.24) is 0 Å². The minimum Gasteiger partial charge on any atom is -0.493 e. The molecule has 0 spiro atoms. The van der Waals surface area contributed by atoms with Gasteiger partial charge >= 0.3 is 5.97 Å². The summed E-state index contributed by atoms with van der Waals surface area (Å²) in [5.41, 5.74) is 2.24. The number of benzene rings is 2. The number of unbranched alkanes of at least 4 members (excludes halogenated alkanes) is 9. The lowest BCUT2D eigenvalue weighted by Crippen LogP contribution is -2.02. The maximum Gasteiger partial charge on any atom is 0.335 e. The molecule has 0 saturated heterocycles. The van der Waals surface area contributed by atoms with E-state index in [9.17, 15) is 9.90 Å². The number of carboxylic acids is 1. The molecule has 0 aliphatic heterocycles. The zero-order chi connectivity index (χ0) is 20.7. The fraction of sp³-hybridized carbons (Fsp3) is 0.480. The van der Waals surface area contributed by atoms with Crippen molar-refractivity contribution < 1.29 is 14.6 Å². The van der Waals surface area contributed by atoms with Gasteiger partial charge in [-0.15, -0.1) is 0 Å². The van der Waals surface area contributed by atoms with E-state index < -0.39 is 5.97 Å². The van der Waals surface area contributed by atoms with E-state index in [-0.39, 0.29) is 5.56 Å². The summed E-state index contributed by atoms with van der Waals surface area (Å²) in [5, 5.41) is 10.4. The molecule has 29 heavy (non-hydrogen) atoms. The van der Waals surface area contributed by atoms with Crippen molar-refractivity contribution in [3.05, 3.63) is 54.1 Å². The summed E-state index contributed by atoms with van der Waals surface area (Å²) in [7, 11) is 0. The maximum atomic E-state index is 11.3. The summed E-state index contributed by atoms with van der Waals surface area (Å²) in [6, 6.07) is 15.1. The molecular weight excluding hydrogens is 428 g/mol. The molecule has 0 radical (unpaired) electrons. The lowest BCUT2D eigenvalue weighted by Gasteiger charge is -2.13. The van der Waals surface area contributed by atoms with Crippen LogP contribution >= 0.6 is 15.9 Å². The molecule has 2 aromatic rings. The van der Waals surface area contributed by atoms with Gasteiger partial charge < -0.3 is 9.84 Å². The number of carbonyl (C=O) groups is 1. The van der Waals surface area contributed by atoms with Gasteiger partial charge in [0.05, 0.1) is 12.2 Å². The first kappa shape index (κ1) is 23.5. The van der Waals surface area contributed by atoms with Gasteiger partial charge in [0.1, 0.15) is 5.75 Å². The van der Waals surface area contributed by atoms with Crippen LogP contribution in [0.3, 0.4) is 0 Å². The van der Waals surface area contributed by atoms with Gasteiger partial charge in [0.25, 0.3) is 0 Å². The monoisotopic (exact) mass is 460 g/mol. The standard InChI is InChI=1S/C25H33BrO3/c26-18-12-7-5-3-1-2-4-6-8-13-19-29-24-20-22(25(27)28)16-17-23(24)21-14-10-9-11-15-21/h9-11,14-17,20H,1-8,12-13,18-19H2,(H,27,28). The predicted molar refractivity (Wildman–Crippen MR) is 124 cm³/mol. The summed E-state index contributed by atoms with van der Waals surface area (Å²) in [4.78, 5) is 11.3. The highest BCUT2D eigenvalue weighted by molar-refractivity contribution is 9.09. The second-order valence-corrected chi connectivity index (χ2v) is 8.25. The van der Waals surface area contributed by atoms with Crippen LogP contribution in [0.1, 0.15) is 74.6 Å². The largest absolute Gasteiger partial charge is 0.493 e. The Kier molecular flexibility index (Phi) is 11.5. The Balaban J connectivity index is 1.71. The number of hydrogen-bond acceptors (Lipinski definition) is 2. The highest BCUT2D eigenvalue weighted by Gasteiger charge is 2.11. The zero-order valence-electron chi connectivity index (χ0n) is 17.2. The molecule has 158 valence electrons. The molecule has 0 unspecified atom stereocenters. The van der Waals surface area contributed by atoms with Gasteiger partial charge in [-0.25, -0.2) is 4.79 Å². The predicted octanol–water partition coefficient (Wildman–Crippen LogP) is 7.73. The average Bonchev–Trinajstić information content (AvgIpc) is 2.75. The van der Waals surface area contributed by atoms with Gasteiger partial charge in [-0.3, -0.25) is 0 Å². The fourth-order valence-corrected chi connectivity index (χ4v) is 3.82. The van der Waals surface area contributed by atoms with Crippen LogP contribution in [-0.4, -0.2) is 23.0 Å². The van der Waals surface area contributed by atoms with E-state index in [0.717, 1.165) is 29.3 Å². The number of carboxylic acid groups (broad SMARTS) is 1. The van der Waals surface area contributed by atoms with Crippen molar-refractivity contribution in [2.24, 2.45) is 0 Å². The first-order valence-electron chi connectivity index (χ1n) is 10.8. The first-order valence-corrected chi connectivity index (χ1v) is 12.0. The van der Waals surface area contributed by atoms with Crippen molar-refractivity contribution >= 4 is 21.9 Å². The molecule has 0 atom stereocenters. The van der Waals surface area contributed by atoms with Crippen LogP contribution in [0.25, 0.3) is 11.1 Å². The molecule has 3 nitrogen and oxygen atoms in total. The van der Waals surface area contributed by atoms with Gasteiger partial charge in [0.15, 0.2) is 0 Å². The molecule has 0 aromatic heterocycles. The lowest BCUT2D eigenvalue weighted by atomic mass is 10.0. The SMILES string of the molecule is O=C(O)c1ccc(-c2ccccc2)c(OCCCCCCCCCCCCBr)c1. The summed E-state index contributed by atoms with van der Waals surface area (Å²) < 4.78 is 6.00. The van der Waals surface area contributed by atoms with Crippen LogP contribution in [0.5, 0.6) is 5.75 Å². The minimum atomic E-state index is -0.929. The quantitative estimate of drug-likeness (QED) is 0.218. The maximum absolute atomic E-state index is 11.3. The Bertz CT molecular complexity index is 715. The number of ether oxygens (including phenoxy) is 1. The van der Waals surface area contributed by atoms with E-state index >= 15 is 0 Å². The molecule has 1 N–H and O–H groups in total. The van der Waals surface area contributed by atoms with Gasteiger partial charge in [-0.1, -0.05) is 97.6 Å². The number of alkyl halides is 1. The second-order valence-electron chi connectivity index (χ2n) is 7.46. The molecule has 0 aliphatic carbocycles. The molecule has 2 aromatic carbocycles. The Labute approximate surface area is 183 Å². The topological polar surface area (TPSA) is 46.5 Å². The molecule has 4 heteroatoms. The van der Waals surface area contributed by atoms with Crippen LogP contribution in [-0.2, 0) is 0 Å². The Morgan fingerprint density at radius 2 is 1.38 bits per heavy atom. The molecule has 0 heterocycles. The molecular formula is C25H33BrO3. The van der Waals surface area contributed by atoms with Gasteiger partial charge in [-0.2, -0.15) is 0 Å². The van der Waals surface area contributed by atoms with E-state index in [2.05, 4.69) is 15.9 Å². The molecule has 0 bridgehead atoms. The first-order chi connectivity index (χ1) is 14.2. The van der Waals surface area contributed by atoms with Crippen LogP contribution < -0.4 is 4.74 Å². The van der Waals surface area contributed by atoms with Crippen molar-refractivity contribution in [2.45, 2.75) is 64.2 Å². The minimum absolute atomic E-state index is 0.260. The van der Waals surface area contributed by atoms with Crippen molar-refractivity contribution in [1.29, 1.82) is 0 Å². The van der Waals surface area contributed by atoms with Crippen LogP contribution in [0.2, 0.25) is 0 Å². The van der Waals surface area contributed by atoms with Crippen LogP contribution in [0.4, 0.5) is 0 Å². The van der Waals surface area contributed by atoms with E-state index in [4.69, 9.17) is 4.74 Å². The molecule has 2 rings (SSSR count). The summed E-state index contributed by atoms with van der Waals surface area (Å²) in [5.74, 6) is -0.277. The average molecular weight is 461 g/mol. The molecule has 0 fully saturated rings. The molecule has 0 saturated carbocycles. The molecule has 0 aliphatic rings. The Morgan fingerprint density at radius 3 is 1.97 bits per heavy atom.